The highest BCUT2D eigenvalue weighted by atomic mass is 16.7. The average Bonchev–Trinajstić information content (AvgIpc) is 2.75. The van der Waals surface area contributed by atoms with Crippen LogP contribution in [-0.4, -0.2) is 61.2 Å². The molecule has 182 valence electrons. The Morgan fingerprint density at radius 1 is 0.735 bits per heavy atom. The molecule has 2 aromatic carbocycles. The Kier molecular flexibility index (Phi) is 8.06. The lowest BCUT2D eigenvalue weighted by atomic mass is 9.98. The van der Waals surface area contributed by atoms with Crippen LogP contribution in [0.1, 0.15) is 27.7 Å². The first kappa shape index (κ1) is 25.0. The largest absolute Gasteiger partial charge is 0.463 e. The molecule has 34 heavy (non-hydrogen) atoms. The van der Waals surface area contributed by atoms with Crippen LogP contribution in [0.4, 0.5) is 0 Å². The predicted octanol–water partition coefficient (Wildman–Crippen LogP) is 2.30. The summed E-state index contributed by atoms with van der Waals surface area (Å²) < 4.78 is 33.1. The van der Waals surface area contributed by atoms with Crippen molar-refractivity contribution in [2.75, 3.05) is 6.61 Å². The molecule has 3 rings (SSSR count). The van der Waals surface area contributed by atoms with Gasteiger partial charge in [-0.15, -0.1) is 0 Å². The molecule has 1 aliphatic heterocycles. The highest BCUT2D eigenvalue weighted by molar-refractivity contribution is 5.83. The van der Waals surface area contributed by atoms with Gasteiger partial charge in [-0.3, -0.25) is 19.2 Å². The zero-order chi connectivity index (χ0) is 24.8. The first-order valence-electron chi connectivity index (χ1n) is 10.6. The van der Waals surface area contributed by atoms with E-state index in [-0.39, 0.29) is 6.61 Å². The van der Waals surface area contributed by atoms with Gasteiger partial charge in [0.1, 0.15) is 18.5 Å². The number of benzene rings is 2. The van der Waals surface area contributed by atoms with Gasteiger partial charge in [-0.1, -0.05) is 30.3 Å². The lowest BCUT2D eigenvalue weighted by Crippen LogP contribution is -2.63. The third-order valence-electron chi connectivity index (χ3n) is 4.92. The molecule has 0 radical (unpaired) electrons. The van der Waals surface area contributed by atoms with Gasteiger partial charge in [-0.2, -0.15) is 0 Å². The third-order valence-corrected chi connectivity index (χ3v) is 4.92. The van der Waals surface area contributed by atoms with Crippen molar-refractivity contribution in [3.63, 3.8) is 0 Å². The van der Waals surface area contributed by atoms with E-state index in [9.17, 15) is 19.2 Å². The smallest absolute Gasteiger partial charge is 0.303 e. The summed E-state index contributed by atoms with van der Waals surface area (Å²) in [6.45, 7) is 4.37. The monoisotopic (exact) mass is 474 g/mol. The molecule has 10 nitrogen and oxygen atoms in total. The molecule has 1 heterocycles. The van der Waals surface area contributed by atoms with Crippen molar-refractivity contribution in [3.05, 3.63) is 42.5 Å². The Bertz CT molecular complexity index is 1060. The minimum absolute atomic E-state index is 0.324. The van der Waals surface area contributed by atoms with E-state index in [2.05, 4.69) is 0 Å². The lowest BCUT2D eigenvalue weighted by Gasteiger charge is -2.43. The summed E-state index contributed by atoms with van der Waals surface area (Å²) in [5.41, 5.74) is 0. The van der Waals surface area contributed by atoms with Gasteiger partial charge in [-0.05, 0) is 22.9 Å². The van der Waals surface area contributed by atoms with Crippen molar-refractivity contribution in [3.8, 4) is 5.75 Å². The first-order valence-corrected chi connectivity index (χ1v) is 10.6. The van der Waals surface area contributed by atoms with Crippen molar-refractivity contribution in [1.82, 2.24) is 0 Å². The molecule has 5 atom stereocenters. The lowest BCUT2D eigenvalue weighted by molar-refractivity contribution is -0.288. The predicted molar refractivity (Wildman–Crippen MR) is 117 cm³/mol. The van der Waals surface area contributed by atoms with Gasteiger partial charge in [-0.25, -0.2) is 0 Å². The summed E-state index contributed by atoms with van der Waals surface area (Å²) in [4.78, 5) is 47.0. The van der Waals surface area contributed by atoms with Crippen LogP contribution in [0.25, 0.3) is 10.8 Å². The topological polar surface area (TPSA) is 124 Å². The van der Waals surface area contributed by atoms with Crippen LogP contribution in [0.15, 0.2) is 42.5 Å². The summed E-state index contributed by atoms with van der Waals surface area (Å²) in [5.74, 6) is -2.31. The molecule has 0 spiro atoms. The fraction of sp³-hybridized carbons (Fsp3) is 0.417. The van der Waals surface area contributed by atoms with Gasteiger partial charge in [0, 0.05) is 27.7 Å². The molecule has 0 aromatic heterocycles. The summed E-state index contributed by atoms with van der Waals surface area (Å²) in [6.07, 6.45) is -6.16. The maximum Gasteiger partial charge on any atom is 0.303 e. The van der Waals surface area contributed by atoms with E-state index in [1.807, 2.05) is 30.3 Å². The van der Waals surface area contributed by atoms with Crippen molar-refractivity contribution >= 4 is 34.6 Å². The number of hydrogen-bond donors (Lipinski definition) is 0. The number of esters is 4. The third kappa shape index (κ3) is 6.44. The summed E-state index contributed by atoms with van der Waals surface area (Å²) in [5, 5.41) is 1.88. The van der Waals surface area contributed by atoms with Crippen molar-refractivity contribution in [2.24, 2.45) is 0 Å². The van der Waals surface area contributed by atoms with Gasteiger partial charge < -0.3 is 28.4 Å². The number of fused-ring (bicyclic) bond motifs is 1. The summed E-state index contributed by atoms with van der Waals surface area (Å²) in [7, 11) is 0. The number of carbonyl (C=O) groups excluding carboxylic acids is 4. The second-order valence-electron chi connectivity index (χ2n) is 7.69. The van der Waals surface area contributed by atoms with Gasteiger partial charge in [0.2, 0.25) is 12.4 Å². The van der Waals surface area contributed by atoms with E-state index in [1.165, 1.54) is 13.8 Å². The van der Waals surface area contributed by atoms with Gasteiger partial charge in [0.25, 0.3) is 0 Å². The highest BCUT2D eigenvalue weighted by Gasteiger charge is 2.53. The minimum Gasteiger partial charge on any atom is -0.463 e. The van der Waals surface area contributed by atoms with Crippen LogP contribution >= 0.6 is 0 Å². The Balaban J connectivity index is 1.98. The SMILES string of the molecule is CC(=O)OC[C@H]1O[C@@H](Oc2ccc3ccccc3c2)[C@H](OC(C)=O)[C@@H](OC(C)=O)[C@@H]1OC(C)=O. The van der Waals surface area contributed by atoms with E-state index >= 15 is 0 Å². The van der Waals surface area contributed by atoms with Gasteiger partial charge in [0.05, 0.1) is 0 Å². The maximum absolute atomic E-state index is 11.9. The molecule has 1 saturated heterocycles. The van der Waals surface area contributed by atoms with Gasteiger partial charge in [0.15, 0.2) is 12.2 Å². The van der Waals surface area contributed by atoms with Crippen molar-refractivity contribution in [1.29, 1.82) is 0 Å². The van der Waals surface area contributed by atoms with Crippen LogP contribution < -0.4 is 4.74 Å². The fourth-order valence-corrected chi connectivity index (χ4v) is 3.66. The molecule has 10 heteroatoms. The summed E-state index contributed by atoms with van der Waals surface area (Å²) in [6, 6.07) is 12.9. The molecular weight excluding hydrogens is 448 g/mol. The van der Waals surface area contributed by atoms with Crippen LogP contribution in [0, 0.1) is 0 Å². The van der Waals surface area contributed by atoms with Crippen molar-refractivity contribution in [2.45, 2.75) is 58.4 Å². The minimum atomic E-state index is -1.29. The van der Waals surface area contributed by atoms with Gasteiger partial charge >= 0.3 is 23.9 Å². The normalized spacial score (nSPS) is 24.1. The molecule has 0 N–H and O–H groups in total. The number of carbonyl (C=O) groups is 4. The number of hydrogen-bond acceptors (Lipinski definition) is 10. The van der Waals surface area contributed by atoms with E-state index in [1.54, 1.807) is 12.1 Å². The average molecular weight is 474 g/mol. The van der Waals surface area contributed by atoms with Crippen LogP contribution in [0.2, 0.25) is 0 Å². The number of ether oxygens (including phenoxy) is 6. The van der Waals surface area contributed by atoms with E-state index in [4.69, 9.17) is 28.4 Å². The highest BCUT2D eigenvalue weighted by Crippen LogP contribution is 2.31. The standard InChI is InChI=1S/C24H26O10/c1-13(25)29-12-20-21(30-14(2)26)22(31-15(3)27)23(32-16(4)28)24(34-20)33-19-10-9-17-7-5-6-8-18(17)11-19/h5-11,20-24H,12H2,1-4H3/t20-,21-,22+,23-,24-/m1/s1. The Hall–Kier alpha value is -3.66. The van der Waals surface area contributed by atoms with E-state index in [0.29, 0.717) is 5.75 Å². The maximum atomic E-state index is 11.9. The molecule has 1 fully saturated rings. The van der Waals surface area contributed by atoms with Crippen LogP contribution in [0.3, 0.4) is 0 Å². The molecule has 2 aromatic rings. The molecule has 0 saturated carbocycles. The zero-order valence-electron chi connectivity index (χ0n) is 19.2. The Morgan fingerprint density at radius 3 is 1.94 bits per heavy atom. The van der Waals surface area contributed by atoms with Crippen molar-refractivity contribution < 1.29 is 47.6 Å². The molecule has 0 bridgehead atoms. The second kappa shape index (κ2) is 11.0. The second-order valence-corrected chi connectivity index (χ2v) is 7.69. The molecule has 1 aliphatic rings. The Morgan fingerprint density at radius 2 is 1.32 bits per heavy atom. The molecule has 0 unspecified atom stereocenters. The van der Waals surface area contributed by atoms with E-state index in [0.717, 1.165) is 24.6 Å². The Labute approximate surface area is 196 Å². The molecule has 0 amide bonds. The van der Waals surface area contributed by atoms with E-state index < -0.39 is 54.6 Å². The summed E-state index contributed by atoms with van der Waals surface area (Å²) >= 11 is 0. The van der Waals surface area contributed by atoms with Crippen LogP contribution in [-0.2, 0) is 42.9 Å². The molecular formula is C24H26O10. The quantitative estimate of drug-likeness (QED) is 0.436. The zero-order valence-corrected chi connectivity index (χ0v) is 19.2. The molecule has 0 aliphatic carbocycles. The number of rotatable bonds is 7. The first-order chi connectivity index (χ1) is 16.1. The fourth-order valence-electron chi connectivity index (χ4n) is 3.66. The van der Waals surface area contributed by atoms with Crippen LogP contribution in [0.5, 0.6) is 5.75 Å².